The van der Waals surface area contributed by atoms with E-state index in [0.717, 1.165) is 84.0 Å². The minimum atomic E-state index is -1.00. The SMILES string of the molecule is CNC(=O)N1CCc2c(-c3cc(OC)c(CN4CCC(CN(C(C)C)C5CC(Oc6ccc7c(c6)C(=O)N(C6CCC(=O)NC6=O)C7=O)C5)CC4)c(OC)c3)cn(C)c(=O)c2C1. The van der Waals surface area contributed by atoms with Crippen molar-refractivity contribution in [3.63, 3.8) is 0 Å². The highest BCUT2D eigenvalue weighted by atomic mass is 16.5. The monoisotopic (exact) mass is 851 g/mol. The third-order valence-electron chi connectivity index (χ3n) is 13.5. The van der Waals surface area contributed by atoms with Gasteiger partial charge in [-0.2, -0.15) is 0 Å². The van der Waals surface area contributed by atoms with E-state index in [9.17, 15) is 28.8 Å². The largest absolute Gasteiger partial charge is 0.496 e. The molecule has 0 radical (unpaired) electrons. The Hall–Kier alpha value is -5.74. The van der Waals surface area contributed by atoms with E-state index in [1.807, 2.05) is 18.3 Å². The molecule has 1 unspecified atom stereocenters. The maximum absolute atomic E-state index is 13.3. The molecule has 2 aromatic carbocycles. The number of carbonyl (C=O) groups excluding carboxylic acids is 5. The molecule has 5 aliphatic rings. The number of hydrogen-bond donors (Lipinski definition) is 2. The molecule has 16 nitrogen and oxygen atoms in total. The van der Waals surface area contributed by atoms with Crippen molar-refractivity contribution in [1.29, 1.82) is 0 Å². The topological polar surface area (TPSA) is 172 Å². The number of methoxy groups -OCH3 is 2. The Morgan fingerprint density at radius 1 is 0.887 bits per heavy atom. The molecule has 0 spiro atoms. The molecule has 2 saturated heterocycles. The first kappa shape index (κ1) is 42.9. The van der Waals surface area contributed by atoms with Crippen LogP contribution in [0.5, 0.6) is 17.2 Å². The first-order valence-corrected chi connectivity index (χ1v) is 21.7. The zero-order valence-electron chi connectivity index (χ0n) is 36.5. The molecule has 3 fully saturated rings. The van der Waals surface area contributed by atoms with E-state index >= 15 is 0 Å². The Bertz CT molecular complexity index is 2320. The first-order valence-electron chi connectivity index (χ1n) is 21.7. The van der Waals surface area contributed by atoms with Crippen LogP contribution in [-0.2, 0) is 36.1 Å². The van der Waals surface area contributed by atoms with Crippen LogP contribution in [0.1, 0.15) is 89.8 Å². The van der Waals surface area contributed by atoms with Gasteiger partial charge in [-0.1, -0.05) is 0 Å². The van der Waals surface area contributed by atoms with Gasteiger partial charge in [0.15, 0.2) is 0 Å². The minimum absolute atomic E-state index is 0.0189. The molecule has 1 aromatic heterocycles. The number of carbonyl (C=O) groups is 5. The van der Waals surface area contributed by atoms with Gasteiger partial charge < -0.3 is 29.0 Å². The fourth-order valence-electron chi connectivity index (χ4n) is 9.93. The lowest BCUT2D eigenvalue weighted by Crippen LogP contribution is -2.54. The van der Waals surface area contributed by atoms with Gasteiger partial charge in [0.2, 0.25) is 11.8 Å². The van der Waals surface area contributed by atoms with Crippen molar-refractivity contribution in [2.45, 2.75) is 96.1 Å². The normalized spacial score (nSPS) is 21.8. The van der Waals surface area contributed by atoms with Gasteiger partial charge >= 0.3 is 6.03 Å². The lowest BCUT2D eigenvalue weighted by molar-refractivity contribution is -0.136. The first-order chi connectivity index (χ1) is 29.8. The summed E-state index contributed by atoms with van der Waals surface area (Å²) in [6.07, 6.45) is 6.44. The number of benzene rings is 2. The van der Waals surface area contributed by atoms with Gasteiger partial charge in [0.25, 0.3) is 17.4 Å². The number of amides is 6. The maximum Gasteiger partial charge on any atom is 0.317 e. The summed E-state index contributed by atoms with van der Waals surface area (Å²) in [6.45, 7) is 8.82. The molecule has 16 heteroatoms. The van der Waals surface area contributed by atoms with E-state index in [-0.39, 0.29) is 48.2 Å². The number of rotatable bonds is 12. The Morgan fingerprint density at radius 3 is 2.23 bits per heavy atom. The number of ether oxygens (including phenoxy) is 3. The summed E-state index contributed by atoms with van der Waals surface area (Å²) in [4.78, 5) is 83.9. The third kappa shape index (κ3) is 8.17. The van der Waals surface area contributed by atoms with Gasteiger partial charge in [0.1, 0.15) is 29.4 Å². The van der Waals surface area contributed by atoms with E-state index in [0.29, 0.717) is 48.8 Å². The van der Waals surface area contributed by atoms with Crippen molar-refractivity contribution < 1.29 is 38.2 Å². The highest BCUT2D eigenvalue weighted by Gasteiger charge is 2.45. The predicted molar refractivity (Wildman–Crippen MR) is 229 cm³/mol. The number of fused-ring (bicyclic) bond motifs is 2. The van der Waals surface area contributed by atoms with Crippen LogP contribution < -0.4 is 30.4 Å². The number of nitrogens with one attached hydrogen (secondary N) is 2. The maximum atomic E-state index is 13.3. The second-order valence-corrected chi connectivity index (χ2v) is 17.5. The molecule has 2 N–H and O–H groups in total. The number of nitrogens with zero attached hydrogens (tertiary/aromatic N) is 5. The number of pyridine rings is 1. The smallest absolute Gasteiger partial charge is 0.317 e. The molecule has 6 amide bonds. The van der Waals surface area contributed by atoms with Crippen LogP contribution in [0.15, 0.2) is 41.3 Å². The Kier molecular flexibility index (Phi) is 12.2. The summed E-state index contributed by atoms with van der Waals surface area (Å²) in [5.41, 5.74) is 4.74. The number of hydrogen-bond acceptors (Lipinski definition) is 11. The fraction of sp³-hybridized carbons (Fsp3) is 0.522. The minimum Gasteiger partial charge on any atom is -0.496 e. The summed E-state index contributed by atoms with van der Waals surface area (Å²) in [7, 11) is 6.69. The van der Waals surface area contributed by atoms with E-state index in [4.69, 9.17) is 14.2 Å². The van der Waals surface area contributed by atoms with Gasteiger partial charge in [0, 0.05) is 82.4 Å². The summed E-state index contributed by atoms with van der Waals surface area (Å²) in [5, 5.41) is 4.90. The molecule has 4 aliphatic heterocycles. The van der Waals surface area contributed by atoms with E-state index in [2.05, 4.69) is 34.3 Å². The lowest BCUT2D eigenvalue weighted by atomic mass is 9.85. The molecular weight excluding hydrogens is 795 g/mol. The quantitative estimate of drug-likeness (QED) is 0.255. The van der Waals surface area contributed by atoms with Crippen LogP contribution >= 0.6 is 0 Å². The van der Waals surface area contributed by atoms with Crippen LogP contribution in [0, 0.1) is 5.92 Å². The summed E-state index contributed by atoms with van der Waals surface area (Å²) >= 11 is 0. The summed E-state index contributed by atoms with van der Waals surface area (Å²) < 4.78 is 19.9. The van der Waals surface area contributed by atoms with Crippen LogP contribution in [0.3, 0.4) is 0 Å². The molecular formula is C46H57N7O9. The molecule has 1 atom stereocenters. The zero-order valence-corrected chi connectivity index (χ0v) is 36.5. The zero-order chi connectivity index (χ0) is 44.0. The molecule has 8 rings (SSSR count). The van der Waals surface area contributed by atoms with Gasteiger partial charge in [0.05, 0.1) is 37.5 Å². The van der Waals surface area contributed by atoms with Gasteiger partial charge in [-0.05, 0) is 100.0 Å². The van der Waals surface area contributed by atoms with Crippen molar-refractivity contribution in [3.05, 3.63) is 74.7 Å². The molecule has 330 valence electrons. The highest BCUT2D eigenvalue weighted by molar-refractivity contribution is 6.23. The number of likely N-dealkylation sites (tertiary alicyclic amines) is 1. The second kappa shape index (κ2) is 17.6. The number of urea groups is 1. The lowest BCUT2D eigenvalue weighted by Gasteiger charge is -2.46. The van der Waals surface area contributed by atoms with Crippen LogP contribution in [0.2, 0.25) is 0 Å². The van der Waals surface area contributed by atoms with Crippen molar-refractivity contribution in [3.8, 4) is 28.4 Å². The van der Waals surface area contributed by atoms with Crippen molar-refractivity contribution in [2.24, 2.45) is 13.0 Å². The van der Waals surface area contributed by atoms with Crippen molar-refractivity contribution in [2.75, 3.05) is 47.4 Å². The van der Waals surface area contributed by atoms with E-state index < -0.39 is 29.7 Å². The second-order valence-electron chi connectivity index (χ2n) is 17.5. The van der Waals surface area contributed by atoms with Gasteiger partial charge in [-0.3, -0.25) is 44.0 Å². The predicted octanol–water partition coefficient (Wildman–Crippen LogP) is 3.70. The van der Waals surface area contributed by atoms with Crippen LogP contribution in [0.25, 0.3) is 11.1 Å². The number of aromatic nitrogens is 1. The third-order valence-corrected chi connectivity index (χ3v) is 13.5. The molecule has 5 heterocycles. The number of piperidine rings is 2. The van der Waals surface area contributed by atoms with Crippen LogP contribution in [0.4, 0.5) is 4.79 Å². The van der Waals surface area contributed by atoms with Crippen LogP contribution in [-0.4, -0.2) is 126 Å². The average molecular weight is 852 g/mol. The van der Waals surface area contributed by atoms with E-state index in [1.54, 1.807) is 56.0 Å². The van der Waals surface area contributed by atoms with Gasteiger partial charge in [-0.15, -0.1) is 0 Å². The average Bonchev–Trinajstić information content (AvgIpc) is 3.50. The summed E-state index contributed by atoms with van der Waals surface area (Å²) in [6, 6.07) is 8.51. The molecule has 1 saturated carbocycles. The Balaban J connectivity index is 0.865. The highest BCUT2D eigenvalue weighted by Crippen LogP contribution is 2.40. The van der Waals surface area contributed by atoms with Crippen molar-refractivity contribution >= 4 is 29.7 Å². The van der Waals surface area contributed by atoms with Gasteiger partial charge in [-0.25, -0.2) is 4.79 Å². The Labute approximate surface area is 361 Å². The van der Waals surface area contributed by atoms with Crippen molar-refractivity contribution in [1.82, 2.24) is 34.8 Å². The fourth-order valence-corrected chi connectivity index (χ4v) is 9.93. The molecule has 1 aliphatic carbocycles. The number of aryl methyl sites for hydroxylation is 1. The van der Waals surface area contributed by atoms with E-state index in [1.165, 1.54) is 0 Å². The summed E-state index contributed by atoms with van der Waals surface area (Å²) in [5.74, 6) is 0.416. The Morgan fingerprint density at radius 2 is 1.58 bits per heavy atom. The number of imide groups is 2. The molecule has 0 bridgehead atoms. The molecule has 62 heavy (non-hydrogen) atoms. The standard InChI is InChI=1S/C46H57N7O9/c1-26(2)52(29-19-31(20-29)62-30-7-8-33-34(21-30)45(58)53(44(33)57)38-9-10-41(54)48-42(38)55)22-27-11-14-50(15-12-27)24-37-39(60-5)17-28(18-40(37)61-6)35-23-49(4)43(56)36-25-51(46(59)47-3)16-13-32(35)36/h7-8,17-18,21,23,26-27,29,31,38H,9-16,19-20,22,24-25H2,1-6H3,(H,47,59)(H,48,54,55). The molecule has 3 aromatic rings.